The number of nitrogens with zero attached hydrogens (tertiary/aromatic N) is 3. The van der Waals surface area contributed by atoms with E-state index in [9.17, 15) is 4.79 Å². The lowest BCUT2D eigenvalue weighted by molar-refractivity contribution is -0.133. The molecule has 3 aliphatic heterocycles. The molecule has 124 valence electrons. The van der Waals surface area contributed by atoms with E-state index in [0.29, 0.717) is 19.1 Å². The molecule has 0 aromatic carbocycles. The van der Waals surface area contributed by atoms with Crippen LogP contribution in [-0.2, 0) is 9.53 Å². The van der Waals surface area contributed by atoms with Crippen molar-refractivity contribution in [2.24, 2.45) is 0 Å². The molecule has 1 amide bonds. The molecule has 1 aromatic rings. The second-order valence-electron chi connectivity index (χ2n) is 6.53. The number of likely N-dealkylation sites (tertiary alicyclic amines) is 1. The summed E-state index contributed by atoms with van der Waals surface area (Å²) in [6.07, 6.45) is 6.07. The zero-order valence-corrected chi connectivity index (χ0v) is 13.0. The number of nitrogens with one attached hydrogen (secondary N) is 3. The second kappa shape index (κ2) is 6.03. The maximum Gasteiger partial charge on any atom is 0.241 e. The first-order chi connectivity index (χ1) is 11.2. The summed E-state index contributed by atoms with van der Waals surface area (Å²) in [4.78, 5) is 22.8. The molecule has 3 aliphatic rings. The molecule has 0 aliphatic carbocycles. The summed E-state index contributed by atoms with van der Waals surface area (Å²) < 4.78 is 6.08. The molecular weight excluding hydrogens is 296 g/mol. The average molecular weight is 318 g/mol. The number of rotatable bonds is 3. The topological polar surface area (TPSA) is 91.4 Å². The third-order valence-corrected chi connectivity index (χ3v) is 4.87. The van der Waals surface area contributed by atoms with E-state index in [1.165, 1.54) is 0 Å². The van der Waals surface area contributed by atoms with Crippen LogP contribution in [0.5, 0.6) is 0 Å². The molecule has 4 rings (SSSR count). The quantitative estimate of drug-likeness (QED) is 0.693. The lowest BCUT2D eigenvalue weighted by atomic mass is 9.97. The fourth-order valence-electron chi connectivity index (χ4n) is 3.70. The number of hydrogen-bond donors (Lipinski definition) is 3. The Morgan fingerprint density at radius 1 is 1.43 bits per heavy atom. The summed E-state index contributed by atoms with van der Waals surface area (Å²) in [6.45, 7) is 2.92. The normalized spacial score (nSPS) is 33.5. The Labute approximate surface area is 135 Å². The number of hydrogen-bond acceptors (Lipinski definition) is 7. The molecule has 3 N–H and O–H groups in total. The Morgan fingerprint density at radius 2 is 2.30 bits per heavy atom. The molecule has 23 heavy (non-hydrogen) atoms. The summed E-state index contributed by atoms with van der Waals surface area (Å²) in [6, 6.07) is 1.89. The minimum absolute atomic E-state index is 0.0989. The van der Waals surface area contributed by atoms with Crippen LogP contribution >= 0.6 is 0 Å². The van der Waals surface area contributed by atoms with Crippen molar-refractivity contribution in [3.05, 3.63) is 18.5 Å². The van der Waals surface area contributed by atoms with Gasteiger partial charge in [0.25, 0.3) is 0 Å². The average Bonchev–Trinajstić information content (AvgIpc) is 3.31. The first-order valence-electron chi connectivity index (χ1n) is 8.19. The Balaban J connectivity index is 1.34. The van der Waals surface area contributed by atoms with Crippen molar-refractivity contribution in [2.45, 2.75) is 36.9 Å². The van der Waals surface area contributed by atoms with Gasteiger partial charge in [0.15, 0.2) is 0 Å². The van der Waals surface area contributed by atoms with Crippen LogP contribution in [0.2, 0.25) is 0 Å². The number of carbonyl (C=O) groups excluding carboxylic acids is 1. The van der Waals surface area contributed by atoms with Crippen molar-refractivity contribution in [3.8, 4) is 0 Å². The lowest BCUT2D eigenvalue weighted by Gasteiger charge is -2.25. The van der Waals surface area contributed by atoms with Crippen LogP contribution in [-0.4, -0.2) is 64.7 Å². The smallest absolute Gasteiger partial charge is 0.241 e. The molecule has 8 nitrogen and oxygen atoms in total. The second-order valence-corrected chi connectivity index (χ2v) is 6.53. The van der Waals surface area contributed by atoms with Gasteiger partial charge in [0.2, 0.25) is 11.9 Å². The van der Waals surface area contributed by atoms with Gasteiger partial charge in [0.05, 0.1) is 18.2 Å². The van der Waals surface area contributed by atoms with E-state index in [1.54, 1.807) is 18.5 Å². The number of amides is 1. The van der Waals surface area contributed by atoms with E-state index in [1.807, 2.05) is 4.90 Å². The van der Waals surface area contributed by atoms with Gasteiger partial charge < -0.3 is 15.0 Å². The van der Waals surface area contributed by atoms with Crippen LogP contribution in [0.1, 0.15) is 19.3 Å². The van der Waals surface area contributed by atoms with Gasteiger partial charge >= 0.3 is 0 Å². The van der Waals surface area contributed by atoms with Gasteiger partial charge in [-0.2, -0.15) is 0 Å². The van der Waals surface area contributed by atoms with Crippen molar-refractivity contribution in [1.82, 2.24) is 25.7 Å². The Morgan fingerprint density at radius 3 is 3.09 bits per heavy atom. The first kappa shape index (κ1) is 14.8. The van der Waals surface area contributed by atoms with Crippen molar-refractivity contribution < 1.29 is 9.53 Å². The standard InChI is InChI=1S/C15H22N6O2/c22-13(12-2-6-18-20-12)21-7-3-15(10-21)8-11(9-23-15)19-14-16-4-1-5-17-14/h1,4-5,11-12,18,20H,2-3,6-10H2,(H,16,17,19). The summed E-state index contributed by atoms with van der Waals surface area (Å²) >= 11 is 0. The molecule has 3 atom stereocenters. The molecule has 1 aromatic heterocycles. The minimum Gasteiger partial charge on any atom is -0.371 e. The molecule has 4 heterocycles. The summed E-state index contributed by atoms with van der Waals surface area (Å²) in [7, 11) is 0. The maximum atomic E-state index is 12.5. The van der Waals surface area contributed by atoms with E-state index in [-0.39, 0.29) is 23.6 Å². The number of hydrazine groups is 1. The monoisotopic (exact) mass is 318 g/mol. The van der Waals surface area contributed by atoms with Crippen molar-refractivity contribution >= 4 is 11.9 Å². The number of aromatic nitrogens is 2. The molecule has 0 saturated carbocycles. The Hall–Kier alpha value is -1.77. The Bertz CT molecular complexity index is 564. The minimum atomic E-state index is -0.214. The van der Waals surface area contributed by atoms with Crippen molar-refractivity contribution in [2.75, 3.05) is 31.6 Å². The van der Waals surface area contributed by atoms with E-state index in [0.717, 1.165) is 32.4 Å². The molecule has 3 unspecified atom stereocenters. The molecule has 3 saturated heterocycles. The first-order valence-corrected chi connectivity index (χ1v) is 8.19. The van der Waals surface area contributed by atoms with Gasteiger partial charge in [-0.15, -0.1) is 0 Å². The van der Waals surface area contributed by atoms with Crippen LogP contribution in [0.4, 0.5) is 5.95 Å². The molecule has 3 fully saturated rings. The summed E-state index contributed by atoms with van der Waals surface area (Å²) in [5.74, 6) is 0.809. The number of ether oxygens (including phenoxy) is 1. The van der Waals surface area contributed by atoms with Crippen molar-refractivity contribution in [1.29, 1.82) is 0 Å². The number of carbonyl (C=O) groups is 1. The summed E-state index contributed by atoms with van der Waals surface area (Å²) in [5.41, 5.74) is 5.85. The number of anilines is 1. The SMILES string of the molecule is O=C(C1CCNN1)N1CCC2(CC(Nc3ncccn3)CO2)C1. The highest BCUT2D eigenvalue weighted by Gasteiger charge is 2.47. The van der Waals surface area contributed by atoms with Crippen molar-refractivity contribution in [3.63, 3.8) is 0 Å². The van der Waals surface area contributed by atoms with E-state index < -0.39 is 0 Å². The predicted octanol–water partition coefficient (Wildman–Crippen LogP) is -0.485. The van der Waals surface area contributed by atoms with Crippen LogP contribution < -0.4 is 16.2 Å². The van der Waals surface area contributed by atoms with Crippen LogP contribution in [0.15, 0.2) is 18.5 Å². The molecule has 1 spiro atoms. The van der Waals surface area contributed by atoms with Crippen LogP contribution in [0, 0.1) is 0 Å². The molecule has 0 bridgehead atoms. The Kier molecular flexibility index (Phi) is 3.88. The molecular formula is C15H22N6O2. The molecule has 0 radical (unpaired) electrons. The fourth-order valence-corrected chi connectivity index (χ4v) is 3.70. The third kappa shape index (κ3) is 3.01. The predicted molar refractivity (Wildman–Crippen MR) is 83.5 cm³/mol. The largest absolute Gasteiger partial charge is 0.371 e. The third-order valence-electron chi connectivity index (χ3n) is 4.87. The van der Waals surface area contributed by atoms with Crippen LogP contribution in [0.3, 0.4) is 0 Å². The fraction of sp³-hybridized carbons (Fsp3) is 0.667. The van der Waals surface area contributed by atoms with E-state index in [2.05, 4.69) is 26.1 Å². The van der Waals surface area contributed by atoms with Crippen LogP contribution in [0.25, 0.3) is 0 Å². The molecule has 8 heteroatoms. The van der Waals surface area contributed by atoms with Gasteiger partial charge in [-0.05, 0) is 18.9 Å². The van der Waals surface area contributed by atoms with E-state index in [4.69, 9.17) is 4.74 Å². The highest BCUT2D eigenvalue weighted by atomic mass is 16.5. The van der Waals surface area contributed by atoms with Gasteiger partial charge in [-0.3, -0.25) is 10.2 Å². The highest BCUT2D eigenvalue weighted by molar-refractivity contribution is 5.82. The van der Waals surface area contributed by atoms with Gasteiger partial charge in [0.1, 0.15) is 6.04 Å². The zero-order valence-electron chi connectivity index (χ0n) is 13.0. The highest BCUT2D eigenvalue weighted by Crippen LogP contribution is 2.36. The van der Waals surface area contributed by atoms with Gasteiger partial charge in [-0.25, -0.2) is 15.4 Å². The lowest BCUT2D eigenvalue weighted by Crippen LogP contribution is -2.46. The van der Waals surface area contributed by atoms with Gasteiger partial charge in [0, 0.05) is 38.4 Å². The van der Waals surface area contributed by atoms with Gasteiger partial charge in [-0.1, -0.05) is 0 Å². The van der Waals surface area contributed by atoms with E-state index >= 15 is 0 Å². The maximum absolute atomic E-state index is 12.5. The summed E-state index contributed by atoms with van der Waals surface area (Å²) in [5, 5.41) is 3.32. The zero-order chi connectivity index (χ0) is 15.7.